The molecule has 3 nitrogen and oxygen atoms in total. The molecular formula is C13H25NO2. The lowest BCUT2D eigenvalue weighted by atomic mass is 9.84. The number of aliphatic hydroxyl groups is 1. The van der Waals surface area contributed by atoms with Gasteiger partial charge in [0.2, 0.25) is 0 Å². The summed E-state index contributed by atoms with van der Waals surface area (Å²) in [7, 11) is 0. The van der Waals surface area contributed by atoms with Gasteiger partial charge < -0.3 is 15.2 Å². The van der Waals surface area contributed by atoms with Crippen LogP contribution in [0, 0.1) is 11.3 Å². The van der Waals surface area contributed by atoms with Gasteiger partial charge in [-0.05, 0) is 32.1 Å². The van der Waals surface area contributed by atoms with Crippen molar-refractivity contribution in [3.8, 4) is 0 Å². The zero-order valence-corrected chi connectivity index (χ0v) is 10.5. The quantitative estimate of drug-likeness (QED) is 0.765. The molecule has 0 aromatic rings. The Kier molecular flexibility index (Phi) is 3.88. The maximum Gasteiger partial charge on any atom is 0.0509 e. The van der Waals surface area contributed by atoms with Crippen molar-refractivity contribution in [3.63, 3.8) is 0 Å². The molecule has 1 saturated heterocycles. The van der Waals surface area contributed by atoms with E-state index in [1.165, 1.54) is 19.3 Å². The SMILES string of the molecule is CC(NC1CCCC1(C)CO)C1CCOC1. The molecule has 2 aliphatic rings. The zero-order valence-electron chi connectivity index (χ0n) is 10.5. The van der Waals surface area contributed by atoms with E-state index >= 15 is 0 Å². The average Bonchev–Trinajstić information content (AvgIpc) is 2.89. The van der Waals surface area contributed by atoms with Gasteiger partial charge in [-0.15, -0.1) is 0 Å². The summed E-state index contributed by atoms with van der Waals surface area (Å²) in [5.41, 5.74) is 0.0910. The topological polar surface area (TPSA) is 41.5 Å². The molecule has 0 radical (unpaired) electrons. The molecule has 2 N–H and O–H groups in total. The van der Waals surface area contributed by atoms with Crippen molar-refractivity contribution in [1.82, 2.24) is 5.32 Å². The molecule has 4 unspecified atom stereocenters. The highest BCUT2D eigenvalue weighted by atomic mass is 16.5. The molecule has 0 aromatic heterocycles. The Balaban J connectivity index is 1.88. The first-order valence-electron chi connectivity index (χ1n) is 6.60. The highest BCUT2D eigenvalue weighted by molar-refractivity contribution is 4.95. The van der Waals surface area contributed by atoms with Crippen LogP contribution < -0.4 is 5.32 Å². The maximum absolute atomic E-state index is 9.51. The lowest BCUT2D eigenvalue weighted by Gasteiger charge is -2.34. The first-order valence-corrected chi connectivity index (χ1v) is 6.60. The van der Waals surface area contributed by atoms with E-state index in [4.69, 9.17) is 4.74 Å². The second kappa shape index (κ2) is 5.03. The third kappa shape index (κ3) is 2.41. The van der Waals surface area contributed by atoms with Crippen molar-refractivity contribution in [1.29, 1.82) is 0 Å². The molecule has 3 heteroatoms. The smallest absolute Gasteiger partial charge is 0.0509 e. The lowest BCUT2D eigenvalue weighted by molar-refractivity contribution is 0.107. The highest BCUT2D eigenvalue weighted by Crippen LogP contribution is 2.38. The molecule has 1 heterocycles. The van der Waals surface area contributed by atoms with Gasteiger partial charge in [0.25, 0.3) is 0 Å². The summed E-state index contributed by atoms with van der Waals surface area (Å²) in [5.74, 6) is 0.656. The number of aliphatic hydroxyl groups excluding tert-OH is 1. The maximum atomic E-state index is 9.51. The fourth-order valence-corrected chi connectivity index (χ4v) is 3.11. The Morgan fingerprint density at radius 2 is 2.31 bits per heavy atom. The number of ether oxygens (including phenoxy) is 1. The van der Waals surface area contributed by atoms with Crippen molar-refractivity contribution < 1.29 is 9.84 Å². The van der Waals surface area contributed by atoms with E-state index in [9.17, 15) is 5.11 Å². The molecule has 0 aromatic carbocycles. The van der Waals surface area contributed by atoms with E-state index in [0.29, 0.717) is 24.6 Å². The zero-order chi connectivity index (χ0) is 11.6. The molecule has 4 atom stereocenters. The minimum absolute atomic E-state index is 0.0910. The minimum Gasteiger partial charge on any atom is -0.396 e. The van der Waals surface area contributed by atoms with Crippen molar-refractivity contribution in [3.05, 3.63) is 0 Å². The number of hydrogen-bond donors (Lipinski definition) is 2. The van der Waals surface area contributed by atoms with Crippen LogP contribution in [-0.4, -0.2) is 37.0 Å². The van der Waals surface area contributed by atoms with Crippen molar-refractivity contribution in [2.24, 2.45) is 11.3 Å². The van der Waals surface area contributed by atoms with E-state index in [1.54, 1.807) is 0 Å². The summed E-state index contributed by atoms with van der Waals surface area (Å²) < 4.78 is 5.43. The van der Waals surface area contributed by atoms with Gasteiger partial charge in [0, 0.05) is 30.7 Å². The molecule has 2 fully saturated rings. The number of nitrogens with one attached hydrogen (secondary N) is 1. The van der Waals surface area contributed by atoms with Crippen molar-refractivity contribution >= 4 is 0 Å². The molecule has 1 aliphatic heterocycles. The van der Waals surface area contributed by atoms with E-state index in [2.05, 4.69) is 19.2 Å². The van der Waals surface area contributed by atoms with Gasteiger partial charge >= 0.3 is 0 Å². The van der Waals surface area contributed by atoms with Crippen LogP contribution in [0.4, 0.5) is 0 Å². The molecule has 0 spiro atoms. The second-order valence-corrected chi connectivity index (χ2v) is 5.84. The molecule has 0 amide bonds. The van der Waals surface area contributed by atoms with Crippen LogP contribution >= 0.6 is 0 Å². The third-order valence-electron chi connectivity index (χ3n) is 4.58. The summed E-state index contributed by atoms with van der Waals surface area (Å²) in [6, 6.07) is 0.990. The third-order valence-corrected chi connectivity index (χ3v) is 4.58. The largest absolute Gasteiger partial charge is 0.396 e. The monoisotopic (exact) mass is 227 g/mol. The molecular weight excluding hydrogens is 202 g/mol. The predicted octanol–water partition coefficient (Wildman–Crippen LogP) is 1.55. The predicted molar refractivity (Wildman–Crippen MR) is 64.4 cm³/mol. The van der Waals surface area contributed by atoms with Crippen LogP contribution in [-0.2, 0) is 4.74 Å². The molecule has 94 valence electrons. The Labute approximate surface area is 98.6 Å². The molecule has 1 saturated carbocycles. The molecule has 2 rings (SSSR count). The molecule has 1 aliphatic carbocycles. The first kappa shape index (κ1) is 12.3. The highest BCUT2D eigenvalue weighted by Gasteiger charge is 2.39. The minimum atomic E-state index is 0.0910. The van der Waals surface area contributed by atoms with Crippen LogP contribution in [0.15, 0.2) is 0 Å². The first-order chi connectivity index (χ1) is 7.65. The summed E-state index contributed by atoms with van der Waals surface area (Å²) in [6.07, 6.45) is 4.77. The standard InChI is InChI=1S/C13H25NO2/c1-10(11-5-7-16-8-11)14-12-4-3-6-13(12,2)9-15/h10-12,14-15H,3-9H2,1-2H3. The van der Waals surface area contributed by atoms with Gasteiger partial charge in [-0.2, -0.15) is 0 Å². The Morgan fingerprint density at radius 1 is 1.50 bits per heavy atom. The van der Waals surface area contributed by atoms with Gasteiger partial charge in [-0.3, -0.25) is 0 Å². The molecule has 16 heavy (non-hydrogen) atoms. The average molecular weight is 227 g/mol. The van der Waals surface area contributed by atoms with E-state index in [1.807, 2.05) is 0 Å². The van der Waals surface area contributed by atoms with Gasteiger partial charge in [-0.1, -0.05) is 13.3 Å². The fourth-order valence-electron chi connectivity index (χ4n) is 3.11. The summed E-state index contributed by atoms with van der Waals surface area (Å²) >= 11 is 0. The van der Waals surface area contributed by atoms with Gasteiger partial charge in [0.05, 0.1) is 6.61 Å². The normalized spacial score (nSPS) is 41.4. The van der Waals surface area contributed by atoms with Crippen LogP contribution in [0.1, 0.15) is 39.5 Å². The van der Waals surface area contributed by atoms with Gasteiger partial charge in [0.15, 0.2) is 0 Å². The van der Waals surface area contributed by atoms with Crippen molar-refractivity contribution in [2.75, 3.05) is 19.8 Å². The van der Waals surface area contributed by atoms with Crippen LogP contribution in [0.5, 0.6) is 0 Å². The van der Waals surface area contributed by atoms with Crippen molar-refractivity contribution in [2.45, 2.75) is 51.6 Å². The fraction of sp³-hybridized carbons (Fsp3) is 1.00. The van der Waals surface area contributed by atoms with E-state index < -0.39 is 0 Å². The molecule has 0 bridgehead atoms. The second-order valence-electron chi connectivity index (χ2n) is 5.84. The number of rotatable bonds is 4. The Bertz CT molecular complexity index is 228. The Hall–Kier alpha value is -0.120. The summed E-state index contributed by atoms with van der Waals surface area (Å²) in [4.78, 5) is 0. The summed E-state index contributed by atoms with van der Waals surface area (Å²) in [5, 5.41) is 13.2. The van der Waals surface area contributed by atoms with Crippen LogP contribution in [0.3, 0.4) is 0 Å². The van der Waals surface area contributed by atoms with E-state index in [-0.39, 0.29) is 5.41 Å². The van der Waals surface area contributed by atoms with Gasteiger partial charge in [0.1, 0.15) is 0 Å². The summed E-state index contributed by atoms with van der Waals surface area (Å²) in [6.45, 7) is 6.58. The van der Waals surface area contributed by atoms with E-state index in [0.717, 1.165) is 19.6 Å². The van der Waals surface area contributed by atoms with Crippen LogP contribution in [0.25, 0.3) is 0 Å². The van der Waals surface area contributed by atoms with Gasteiger partial charge in [-0.25, -0.2) is 0 Å². The lowest BCUT2D eigenvalue weighted by Crippen LogP contribution is -2.48. The van der Waals surface area contributed by atoms with Crippen LogP contribution in [0.2, 0.25) is 0 Å². The Morgan fingerprint density at radius 3 is 2.94 bits per heavy atom. The number of hydrogen-bond acceptors (Lipinski definition) is 3.